The highest BCUT2D eigenvalue weighted by Gasteiger charge is 2.56. The number of amides is 1. The Labute approximate surface area is 247 Å². The first-order chi connectivity index (χ1) is 20.0. The second-order valence-electron chi connectivity index (χ2n) is 12.4. The summed E-state index contributed by atoms with van der Waals surface area (Å²) in [5.41, 5.74) is 5.50. The van der Waals surface area contributed by atoms with E-state index < -0.39 is 11.4 Å². The molecule has 9 nitrogen and oxygen atoms in total. The fourth-order valence-corrected chi connectivity index (χ4v) is 7.42. The first-order valence-electron chi connectivity index (χ1n) is 14.6. The molecule has 2 aliphatic carbocycles. The van der Waals surface area contributed by atoms with Crippen molar-refractivity contribution < 1.29 is 23.9 Å². The summed E-state index contributed by atoms with van der Waals surface area (Å²) in [7, 11) is 2.83. The maximum Gasteiger partial charge on any atom is 0.337 e. The number of methoxy groups -OCH3 is 2. The van der Waals surface area contributed by atoms with Crippen molar-refractivity contribution in [1.82, 2.24) is 15.0 Å². The molecule has 2 aliphatic rings. The van der Waals surface area contributed by atoms with Gasteiger partial charge in [-0.05, 0) is 78.7 Å². The van der Waals surface area contributed by atoms with Gasteiger partial charge in [0.25, 0.3) is 0 Å². The first-order valence-corrected chi connectivity index (χ1v) is 14.6. The van der Waals surface area contributed by atoms with Crippen LogP contribution in [0.4, 0.5) is 5.69 Å². The number of carbonyl (C=O) groups is 3. The van der Waals surface area contributed by atoms with Crippen molar-refractivity contribution in [2.45, 2.75) is 77.7 Å². The van der Waals surface area contributed by atoms with Crippen LogP contribution in [0.3, 0.4) is 0 Å². The third-order valence-electron chi connectivity index (χ3n) is 9.56. The number of nitrogens with zero attached hydrogens (tertiary/aromatic N) is 3. The van der Waals surface area contributed by atoms with Crippen LogP contribution in [-0.2, 0) is 37.4 Å². The first kappa shape index (κ1) is 29.5. The SMILES string of the molecule is COC(=O)c1ccc(-c2cn(CC(=O)Nc3c(C(C)C)ccc4c3CC[C@H]3[C@](C)(C(=O)OC)CCC[C@]43C)nn2)cc1. The second-order valence-corrected chi connectivity index (χ2v) is 12.4. The number of esters is 2. The average Bonchev–Trinajstić information content (AvgIpc) is 3.44. The van der Waals surface area contributed by atoms with Gasteiger partial charge in [0.05, 0.1) is 31.4 Å². The number of fused-ring (bicyclic) bond motifs is 3. The van der Waals surface area contributed by atoms with E-state index in [0.29, 0.717) is 11.3 Å². The normalized spacial score (nSPS) is 23.1. The van der Waals surface area contributed by atoms with Crippen LogP contribution in [0.2, 0.25) is 0 Å². The molecule has 1 amide bonds. The molecular weight excluding hydrogens is 532 g/mol. The molecule has 1 aromatic heterocycles. The lowest BCUT2D eigenvalue weighted by Crippen LogP contribution is -2.52. The molecule has 0 aliphatic heterocycles. The lowest BCUT2D eigenvalue weighted by molar-refractivity contribution is -0.161. The third-order valence-corrected chi connectivity index (χ3v) is 9.56. The van der Waals surface area contributed by atoms with E-state index in [0.717, 1.165) is 48.9 Å². The third kappa shape index (κ3) is 5.10. The fraction of sp³-hybridized carbons (Fsp3) is 0.485. The van der Waals surface area contributed by atoms with Crippen LogP contribution in [-0.4, -0.2) is 47.1 Å². The quantitative estimate of drug-likeness (QED) is 0.363. The maximum absolute atomic E-state index is 13.4. The molecular formula is C33H40N4O5. The van der Waals surface area contributed by atoms with Crippen LogP contribution in [0.25, 0.3) is 11.3 Å². The summed E-state index contributed by atoms with van der Waals surface area (Å²) in [5, 5.41) is 11.6. The van der Waals surface area contributed by atoms with Gasteiger partial charge in [0.15, 0.2) is 0 Å². The zero-order valence-corrected chi connectivity index (χ0v) is 25.3. The van der Waals surface area contributed by atoms with Gasteiger partial charge in [0, 0.05) is 11.3 Å². The van der Waals surface area contributed by atoms with Crippen LogP contribution in [0.15, 0.2) is 42.6 Å². The van der Waals surface area contributed by atoms with Crippen molar-refractivity contribution in [3.63, 3.8) is 0 Å². The van der Waals surface area contributed by atoms with E-state index >= 15 is 0 Å². The molecule has 5 rings (SSSR count). The van der Waals surface area contributed by atoms with Gasteiger partial charge in [-0.1, -0.05) is 56.7 Å². The van der Waals surface area contributed by atoms with E-state index in [4.69, 9.17) is 9.47 Å². The standard InChI is InChI=1S/C33H40N4O5/c1-20(2)23-12-14-25-24(13-15-27-32(25,3)16-7-17-33(27,4)31(40)42-6)29(23)34-28(38)19-37-18-26(35-36-37)21-8-10-22(11-9-21)30(39)41-5/h8-12,14,18,20,27H,7,13,15-17,19H2,1-6H3,(H,34,38)/t27-,32-,33-/m1/s1. The highest BCUT2D eigenvalue weighted by Crippen LogP contribution is 2.58. The monoisotopic (exact) mass is 572 g/mol. The van der Waals surface area contributed by atoms with Crippen LogP contribution in [0.5, 0.6) is 0 Å². The zero-order chi connectivity index (χ0) is 30.2. The van der Waals surface area contributed by atoms with Crippen LogP contribution in [0.1, 0.15) is 86.3 Å². The Balaban J connectivity index is 1.40. The van der Waals surface area contributed by atoms with Gasteiger partial charge in [0.1, 0.15) is 12.2 Å². The average molecular weight is 573 g/mol. The van der Waals surface area contributed by atoms with Gasteiger partial charge in [-0.2, -0.15) is 0 Å². The molecule has 1 N–H and O–H groups in total. The molecule has 9 heteroatoms. The number of benzene rings is 2. The number of hydrogen-bond donors (Lipinski definition) is 1. The highest BCUT2D eigenvalue weighted by molar-refractivity contribution is 5.93. The molecule has 42 heavy (non-hydrogen) atoms. The number of hydrogen-bond acceptors (Lipinski definition) is 7. The molecule has 1 fully saturated rings. The predicted molar refractivity (Wildman–Crippen MR) is 159 cm³/mol. The molecule has 0 radical (unpaired) electrons. The summed E-state index contributed by atoms with van der Waals surface area (Å²) in [5.74, 6) is -0.327. The van der Waals surface area contributed by atoms with E-state index in [2.05, 4.69) is 55.5 Å². The zero-order valence-electron chi connectivity index (χ0n) is 25.3. The van der Waals surface area contributed by atoms with Gasteiger partial charge >= 0.3 is 11.9 Å². The summed E-state index contributed by atoms with van der Waals surface area (Å²) >= 11 is 0. The molecule has 0 bridgehead atoms. The molecule has 0 unspecified atom stereocenters. The highest BCUT2D eigenvalue weighted by atomic mass is 16.5. The molecule has 0 saturated heterocycles. The van der Waals surface area contributed by atoms with Crippen molar-refractivity contribution in [3.8, 4) is 11.3 Å². The largest absolute Gasteiger partial charge is 0.469 e. The Morgan fingerprint density at radius 2 is 1.79 bits per heavy atom. The summed E-state index contributed by atoms with van der Waals surface area (Å²) in [4.78, 5) is 38.1. The molecule has 2 aromatic carbocycles. The molecule has 3 aromatic rings. The van der Waals surface area contributed by atoms with Crippen molar-refractivity contribution in [2.75, 3.05) is 19.5 Å². The van der Waals surface area contributed by atoms with Crippen molar-refractivity contribution in [2.24, 2.45) is 11.3 Å². The van der Waals surface area contributed by atoms with Crippen molar-refractivity contribution in [1.29, 1.82) is 0 Å². The number of rotatable bonds is 7. The summed E-state index contributed by atoms with van der Waals surface area (Å²) in [6.07, 6.45) is 6.14. The Morgan fingerprint density at radius 3 is 2.45 bits per heavy atom. The minimum Gasteiger partial charge on any atom is -0.469 e. The Morgan fingerprint density at radius 1 is 1.05 bits per heavy atom. The van der Waals surface area contributed by atoms with Gasteiger partial charge in [-0.15, -0.1) is 5.10 Å². The minimum absolute atomic E-state index is 0.00868. The van der Waals surface area contributed by atoms with E-state index in [1.165, 1.54) is 30.0 Å². The minimum atomic E-state index is -0.524. The van der Waals surface area contributed by atoms with E-state index in [-0.39, 0.29) is 35.7 Å². The lowest BCUT2D eigenvalue weighted by Gasteiger charge is -2.54. The van der Waals surface area contributed by atoms with Crippen molar-refractivity contribution in [3.05, 3.63) is 64.8 Å². The lowest BCUT2D eigenvalue weighted by atomic mass is 9.49. The van der Waals surface area contributed by atoms with E-state index in [1.807, 2.05) is 0 Å². The van der Waals surface area contributed by atoms with Gasteiger partial charge in [-0.25, -0.2) is 9.48 Å². The number of anilines is 1. The molecule has 1 saturated carbocycles. The number of ether oxygens (including phenoxy) is 2. The number of carbonyl (C=O) groups excluding carboxylic acids is 3. The molecule has 1 heterocycles. The number of aromatic nitrogens is 3. The van der Waals surface area contributed by atoms with Crippen LogP contribution in [0, 0.1) is 11.3 Å². The van der Waals surface area contributed by atoms with E-state index in [1.54, 1.807) is 30.5 Å². The topological polar surface area (TPSA) is 112 Å². The fourth-order valence-electron chi connectivity index (χ4n) is 7.42. The number of nitrogens with one attached hydrogen (secondary N) is 1. The van der Waals surface area contributed by atoms with Crippen LogP contribution >= 0.6 is 0 Å². The summed E-state index contributed by atoms with van der Waals surface area (Å²) in [6.45, 7) is 8.63. The van der Waals surface area contributed by atoms with Gasteiger partial charge < -0.3 is 14.8 Å². The summed E-state index contributed by atoms with van der Waals surface area (Å²) < 4.78 is 11.6. The van der Waals surface area contributed by atoms with Gasteiger partial charge in [-0.3, -0.25) is 9.59 Å². The van der Waals surface area contributed by atoms with Crippen LogP contribution < -0.4 is 5.32 Å². The molecule has 0 spiro atoms. The Hall–Kier alpha value is -4.01. The predicted octanol–water partition coefficient (Wildman–Crippen LogP) is 5.68. The Bertz CT molecular complexity index is 1510. The second kappa shape index (κ2) is 11.3. The molecule has 222 valence electrons. The smallest absolute Gasteiger partial charge is 0.337 e. The van der Waals surface area contributed by atoms with E-state index in [9.17, 15) is 14.4 Å². The summed E-state index contributed by atoms with van der Waals surface area (Å²) in [6, 6.07) is 11.3. The molecule has 3 atom stereocenters. The maximum atomic E-state index is 13.4. The van der Waals surface area contributed by atoms with Crippen molar-refractivity contribution >= 4 is 23.5 Å². The Kier molecular flexibility index (Phi) is 7.96. The van der Waals surface area contributed by atoms with Gasteiger partial charge in [0.2, 0.25) is 5.91 Å².